The smallest absolute Gasteiger partial charge is 0.257 e. The number of nitrogens with two attached hydrogens (primary N) is 1. The van der Waals surface area contributed by atoms with Crippen LogP contribution in [0.2, 0.25) is 0 Å². The standard InChI is InChI=1S/C22H16FN5OS/c23-13-7-9-14(10-8-13)28-20(24)18(22(29)25-12-15-4-3-11-30-15)19-21(28)27-17-6-2-1-5-16(17)26-19/h1-11H,12,24H2,(H,25,29). The number of amides is 1. The van der Waals surface area contributed by atoms with E-state index in [1.807, 2.05) is 41.8 Å². The van der Waals surface area contributed by atoms with E-state index in [0.717, 1.165) is 4.88 Å². The summed E-state index contributed by atoms with van der Waals surface area (Å²) in [5.41, 5.74) is 9.47. The number of halogens is 1. The summed E-state index contributed by atoms with van der Waals surface area (Å²) in [7, 11) is 0. The van der Waals surface area contributed by atoms with Gasteiger partial charge in [0.25, 0.3) is 5.91 Å². The molecule has 0 saturated carbocycles. The molecular formula is C22H16FN5OS. The number of carbonyl (C=O) groups is 1. The van der Waals surface area contributed by atoms with Gasteiger partial charge in [0, 0.05) is 10.6 Å². The lowest BCUT2D eigenvalue weighted by Crippen LogP contribution is -2.23. The zero-order valence-electron chi connectivity index (χ0n) is 15.7. The molecule has 5 aromatic rings. The molecule has 3 N–H and O–H groups in total. The third kappa shape index (κ3) is 3.07. The van der Waals surface area contributed by atoms with Crippen LogP contribution in [0.5, 0.6) is 0 Å². The maximum absolute atomic E-state index is 13.5. The minimum atomic E-state index is -0.362. The Balaban J connectivity index is 1.70. The highest BCUT2D eigenvalue weighted by Gasteiger charge is 2.24. The van der Waals surface area contributed by atoms with Gasteiger partial charge >= 0.3 is 0 Å². The number of hydrogen-bond donors (Lipinski definition) is 2. The number of thiophene rings is 1. The van der Waals surface area contributed by atoms with Gasteiger partial charge in [0.1, 0.15) is 22.7 Å². The molecule has 0 atom stereocenters. The fourth-order valence-corrected chi connectivity index (χ4v) is 4.05. The monoisotopic (exact) mass is 417 g/mol. The van der Waals surface area contributed by atoms with Gasteiger partial charge in [-0.15, -0.1) is 11.3 Å². The fraction of sp³-hybridized carbons (Fsp3) is 0.0455. The molecule has 5 rings (SSSR count). The third-order valence-corrected chi connectivity index (χ3v) is 5.69. The van der Waals surface area contributed by atoms with E-state index < -0.39 is 0 Å². The second-order valence-corrected chi connectivity index (χ2v) is 7.75. The molecule has 8 heteroatoms. The Kier molecular flexibility index (Phi) is 4.40. The summed E-state index contributed by atoms with van der Waals surface area (Å²) in [6.45, 7) is 0.389. The molecule has 0 radical (unpaired) electrons. The summed E-state index contributed by atoms with van der Waals surface area (Å²) in [6.07, 6.45) is 0. The first-order valence-electron chi connectivity index (χ1n) is 9.25. The topological polar surface area (TPSA) is 85.8 Å². The van der Waals surface area contributed by atoms with Crippen molar-refractivity contribution >= 4 is 45.3 Å². The molecule has 0 aliphatic heterocycles. The predicted octanol–water partition coefficient (Wildman–Crippen LogP) is 4.29. The maximum atomic E-state index is 13.5. The van der Waals surface area contributed by atoms with E-state index in [1.165, 1.54) is 12.1 Å². The highest BCUT2D eigenvalue weighted by Crippen LogP contribution is 2.31. The summed E-state index contributed by atoms with van der Waals surface area (Å²) < 4.78 is 15.1. The number of rotatable bonds is 4. The Bertz CT molecular complexity index is 1380. The van der Waals surface area contributed by atoms with Crippen molar-refractivity contribution < 1.29 is 9.18 Å². The van der Waals surface area contributed by atoms with Gasteiger partial charge in [-0.1, -0.05) is 18.2 Å². The van der Waals surface area contributed by atoms with E-state index in [2.05, 4.69) is 10.3 Å². The molecule has 0 unspecified atom stereocenters. The average Bonchev–Trinajstić information content (AvgIpc) is 3.37. The second kappa shape index (κ2) is 7.23. The number of nitrogen functional groups attached to an aromatic ring is 1. The van der Waals surface area contributed by atoms with Crippen molar-refractivity contribution in [3.63, 3.8) is 0 Å². The van der Waals surface area contributed by atoms with E-state index >= 15 is 0 Å². The molecule has 3 heterocycles. The van der Waals surface area contributed by atoms with E-state index in [4.69, 9.17) is 10.7 Å². The SMILES string of the molecule is Nc1c(C(=O)NCc2cccs2)c2nc3ccccc3nc2n1-c1ccc(F)cc1. The molecule has 0 spiro atoms. The molecular weight excluding hydrogens is 401 g/mol. The Labute approximate surface area is 174 Å². The van der Waals surface area contributed by atoms with E-state index in [0.29, 0.717) is 34.4 Å². The zero-order chi connectivity index (χ0) is 20.7. The lowest BCUT2D eigenvalue weighted by molar-refractivity contribution is 0.0953. The molecule has 2 aromatic carbocycles. The van der Waals surface area contributed by atoms with Gasteiger partial charge < -0.3 is 11.1 Å². The minimum Gasteiger partial charge on any atom is -0.384 e. The number of para-hydroxylation sites is 2. The van der Waals surface area contributed by atoms with Gasteiger partial charge in [-0.05, 0) is 47.8 Å². The van der Waals surface area contributed by atoms with Crippen LogP contribution in [0.1, 0.15) is 15.2 Å². The summed E-state index contributed by atoms with van der Waals surface area (Å²) in [4.78, 5) is 23.5. The predicted molar refractivity (Wildman–Crippen MR) is 116 cm³/mol. The lowest BCUT2D eigenvalue weighted by atomic mass is 10.2. The van der Waals surface area contributed by atoms with Gasteiger partial charge in [-0.25, -0.2) is 14.4 Å². The number of hydrogen-bond acceptors (Lipinski definition) is 5. The largest absolute Gasteiger partial charge is 0.384 e. The zero-order valence-corrected chi connectivity index (χ0v) is 16.5. The highest BCUT2D eigenvalue weighted by molar-refractivity contribution is 7.09. The van der Waals surface area contributed by atoms with Crippen LogP contribution < -0.4 is 11.1 Å². The normalized spacial score (nSPS) is 11.2. The molecule has 0 bridgehead atoms. The molecule has 30 heavy (non-hydrogen) atoms. The molecule has 0 aliphatic carbocycles. The van der Waals surface area contributed by atoms with Gasteiger partial charge in [0.15, 0.2) is 5.65 Å². The van der Waals surface area contributed by atoms with Crippen molar-refractivity contribution in [3.8, 4) is 5.69 Å². The van der Waals surface area contributed by atoms with Crippen molar-refractivity contribution in [1.29, 1.82) is 0 Å². The number of nitrogens with one attached hydrogen (secondary N) is 1. The maximum Gasteiger partial charge on any atom is 0.257 e. The fourth-order valence-electron chi connectivity index (χ4n) is 3.41. The number of benzene rings is 2. The molecule has 6 nitrogen and oxygen atoms in total. The van der Waals surface area contributed by atoms with Crippen LogP contribution in [0.25, 0.3) is 27.9 Å². The number of carbonyl (C=O) groups excluding carboxylic acids is 1. The summed E-state index contributed by atoms with van der Waals surface area (Å²) in [5.74, 6) is -0.494. The summed E-state index contributed by atoms with van der Waals surface area (Å²) in [5, 5.41) is 4.86. The number of nitrogens with zero attached hydrogens (tertiary/aromatic N) is 3. The van der Waals surface area contributed by atoms with Crippen molar-refractivity contribution in [3.05, 3.63) is 82.3 Å². The first-order chi connectivity index (χ1) is 14.6. The van der Waals surface area contributed by atoms with Crippen molar-refractivity contribution in [1.82, 2.24) is 19.9 Å². The van der Waals surface area contributed by atoms with Crippen LogP contribution in [0, 0.1) is 5.82 Å². The lowest BCUT2D eigenvalue weighted by Gasteiger charge is -2.08. The van der Waals surface area contributed by atoms with Crippen LogP contribution in [0.4, 0.5) is 10.2 Å². The molecule has 1 amide bonds. The van der Waals surface area contributed by atoms with Gasteiger partial charge in [0.05, 0.1) is 17.6 Å². The number of fused-ring (bicyclic) bond motifs is 2. The van der Waals surface area contributed by atoms with Crippen LogP contribution in [-0.2, 0) is 6.54 Å². The van der Waals surface area contributed by atoms with Crippen molar-refractivity contribution in [2.45, 2.75) is 6.54 Å². The Morgan fingerprint density at radius 3 is 2.47 bits per heavy atom. The van der Waals surface area contributed by atoms with Crippen molar-refractivity contribution in [2.24, 2.45) is 0 Å². The first-order valence-corrected chi connectivity index (χ1v) is 10.1. The first kappa shape index (κ1) is 18.3. The molecule has 0 aliphatic rings. The van der Waals surface area contributed by atoms with E-state index in [9.17, 15) is 9.18 Å². The van der Waals surface area contributed by atoms with Gasteiger partial charge in [-0.3, -0.25) is 9.36 Å². The van der Waals surface area contributed by atoms with Crippen LogP contribution in [0.15, 0.2) is 66.0 Å². The minimum absolute atomic E-state index is 0.204. The molecule has 3 aromatic heterocycles. The molecule has 0 saturated heterocycles. The van der Waals surface area contributed by atoms with E-state index in [-0.39, 0.29) is 23.1 Å². The second-order valence-electron chi connectivity index (χ2n) is 6.72. The number of aromatic nitrogens is 3. The quantitative estimate of drug-likeness (QED) is 0.457. The number of anilines is 1. The van der Waals surface area contributed by atoms with Crippen LogP contribution in [-0.4, -0.2) is 20.4 Å². The Morgan fingerprint density at radius 2 is 1.77 bits per heavy atom. The van der Waals surface area contributed by atoms with Gasteiger partial charge in [0.2, 0.25) is 0 Å². The summed E-state index contributed by atoms with van der Waals surface area (Å²) in [6, 6.07) is 17.1. The van der Waals surface area contributed by atoms with E-state index in [1.54, 1.807) is 28.0 Å². The van der Waals surface area contributed by atoms with Crippen LogP contribution in [0.3, 0.4) is 0 Å². The Morgan fingerprint density at radius 1 is 1.03 bits per heavy atom. The third-order valence-electron chi connectivity index (χ3n) is 4.81. The molecule has 0 fully saturated rings. The highest BCUT2D eigenvalue weighted by atomic mass is 32.1. The van der Waals surface area contributed by atoms with Crippen molar-refractivity contribution in [2.75, 3.05) is 5.73 Å². The average molecular weight is 417 g/mol. The molecule has 148 valence electrons. The summed E-state index contributed by atoms with van der Waals surface area (Å²) >= 11 is 1.56. The Hall–Kier alpha value is -3.78. The van der Waals surface area contributed by atoms with Crippen LogP contribution >= 0.6 is 11.3 Å². The van der Waals surface area contributed by atoms with Gasteiger partial charge in [-0.2, -0.15) is 0 Å².